The van der Waals surface area contributed by atoms with Gasteiger partial charge in [0.05, 0.1) is 17.6 Å². The predicted octanol–water partition coefficient (Wildman–Crippen LogP) is 4.86. The summed E-state index contributed by atoms with van der Waals surface area (Å²) in [5, 5.41) is 4.72. The molecule has 3 aromatic carbocycles. The summed E-state index contributed by atoms with van der Waals surface area (Å²) >= 11 is 0. The number of likely N-dealkylation sites (N-methyl/N-ethyl adjacent to an activating group) is 1. The summed E-state index contributed by atoms with van der Waals surface area (Å²) < 4.78 is 28.2. The minimum Gasteiger partial charge on any atom is -0.486 e. The van der Waals surface area contributed by atoms with Crippen molar-refractivity contribution in [2.24, 2.45) is 0 Å². The Labute approximate surface area is 210 Å². The van der Waals surface area contributed by atoms with E-state index in [0.29, 0.717) is 18.8 Å². The molecular formula is C29H29FN4O2. The zero-order valence-electron chi connectivity index (χ0n) is 20.4. The first-order valence-electron chi connectivity index (χ1n) is 12.4. The highest BCUT2D eigenvalue weighted by Crippen LogP contribution is 2.35. The van der Waals surface area contributed by atoms with E-state index in [1.54, 1.807) is 6.07 Å². The zero-order chi connectivity index (χ0) is 24.5. The Morgan fingerprint density at radius 3 is 2.33 bits per heavy atom. The topological polar surface area (TPSA) is 42.8 Å². The SMILES string of the molecule is CN1CCN(Cc2cnn(-c3ccc(-c4ccc5c(c4)OCCO5)cc3)c2-c2ccccc2F)CC1. The second-order valence-electron chi connectivity index (χ2n) is 9.39. The van der Waals surface area contributed by atoms with Crippen molar-refractivity contribution in [2.45, 2.75) is 6.54 Å². The molecule has 0 amide bonds. The third-order valence-corrected chi connectivity index (χ3v) is 6.95. The molecule has 0 aliphatic carbocycles. The monoisotopic (exact) mass is 484 g/mol. The molecule has 0 spiro atoms. The molecule has 0 bridgehead atoms. The fourth-order valence-electron chi connectivity index (χ4n) is 4.90. The average Bonchev–Trinajstić information content (AvgIpc) is 3.33. The quantitative estimate of drug-likeness (QED) is 0.405. The van der Waals surface area contributed by atoms with E-state index in [4.69, 9.17) is 14.6 Å². The van der Waals surface area contributed by atoms with Gasteiger partial charge >= 0.3 is 0 Å². The van der Waals surface area contributed by atoms with Gasteiger partial charge in [-0.25, -0.2) is 9.07 Å². The lowest BCUT2D eigenvalue weighted by molar-refractivity contribution is 0.148. The van der Waals surface area contributed by atoms with Crippen LogP contribution in [0.3, 0.4) is 0 Å². The largest absolute Gasteiger partial charge is 0.486 e. The number of aromatic nitrogens is 2. The molecule has 2 aliphatic rings. The summed E-state index contributed by atoms with van der Waals surface area (Å²) in [7, 11) is 2.15. The molecule has 184 valence electrons. The molecule has 6 rings (SSSR count). The Kier molecular flexibility index (Phi) is 6.17. The number of fused-ring (bicyclic) bond motifs is 1. The Hall–Kier alpha value is -3.68. The van der Waals surface area contributed by atoms with Crippen LogP contribution >= 0.6 is 0 Å². The molecule has 1 aromatic heterocycles. The first-order valence-corrected chi connectivity index (χ1v) is 12.4. The zero-order valence-corrected chi connectivity index (χ0v) is 20.4. The Morgan fingerprint density at radius 2 is 1.56 bits per heavy atom. The predicted molar refractivity (Wildman–Crippen MR) is 138 cm³/mol. The van der Waals surface area contributed by atoms with Gasteiger partial charge in [0, 0.05) is 43.9 Å². The highest BCUT2D eigenvalue weighted by atomic mass is 19.1. The van der Waals surface area contributed by atoms with Crippen LogP contribution in [0, 0.1) is 5.82 Å². The highest BCUT2D eigenvalue weighted by molar-refractivity contribution is 5.70. The number of nitrogens with zero attached hydrogens (tertiary/aromatic N) is 4. The fraction of sp³-hybridized carbons (Fsp3) is 0.276. The van der Waals surface area contributed by atoms with Crippen molar-refractivity contribution in [1.29, 1.82) is 0 Å². The van der Waals surface area contributed by atoms with Gasteiger partial charge in [-0.1, -0.05) is 30.3 Å². The lowest BCUT2D eigenvalue weighted by atomic mass is 10.0. The van der Waals surface area contributed by atoms with Gasteiger partial charge in [0.25, 0.3) is 0 Å². The molecule has 1 fully saturated rings. The molecule has 0 unspecified atom stereocenters. The molecule has 7 heteroatoms. The first-order chi connectivity index (χ1) is 17.7. The summed E-state index contributed by atoms with van der Waals surface area (Å²) in [5.41, 5.74) is 5.40. The second-order valence-corrected chi connectivity index (χ2v) is 9.39. The van der Waals surface area contributed by atoms with Crippen molar-refractivity contribution in [1.82, 2.24) is 19.6 Å². The van der Waals surface area contributed by atoms with Crippen LogP contribution in [0.15, 0.2) is 72.9 Å². The van der Waals surface area contributed by atoms with E-state index < -0.39 is 0 Å². The van der Waals surface area contributed by atoms with Gasteiger partial charge in [-0.2, -0.15) is 5.10 Å². The van der Waals surface area contributed by atoms with Gasteiger partial charge in [0.15, 0.2) is 11.5 Å². The van der Waals surface area contributed by atoms with Gasteiger partial charge in [-0.05, 0) is 54.6 Å². The van der Waals surface area contributed by atoms with Crippen molar-refractivity contribution >= 4 is 0 Å². The number of ether oxygens (including phenoxy) is 2. The van der Waals surface area contributed by atoms with Crippen molar-refractivity contribution < 1.29 is 13.9 Å². The van der Waals surface area contributed by atoms with E-state index in [9.17, 15) is 4.39 Å². The molecule has 36 heavy (non-hydrogen) atoms. The molecular weight excluding hydrogens is 455 g/mol. The minimum absolute atomic E-state index is 0.244. The second kappa shape index (κ2) is 9.76. The highest BCUT2D eigenvalue weighted by Gasteiger charge is 2.21. The normalized spacial score (nSPS) is 16.3. The third-order valence-electron chi connectivity index (χ3n) is 6.95. The number of rotatable bonds is 5. The Balaban J connectivity index is 1.34. The summed E-state index contributed by atoms with van der Waals surface area (Å²) in [5.74, 6) is 1.30. The molecule has 0 N–H and O–H groups in total. The average molecular weight is 485 g/mol. The molecule has 4 aromatic rings. The van der Waals surface area contributed by atoms with Crippen LogP contribution in [0.2, 0.25) is 0 Å². The number of piperazine rings is 1. The van der Waals surface area contributed by atoms with Crippen molar-refractivity contribution in [3.05, 3.63) is 84.3 Å². The maximum Gasteiger partial charge on any atom is 0.161 e. The van der Waals surface area contributed by atoms with E-state index in [-0.39, 0.29) is 5.82 Å². The van der Waals surface area contributed by atoms with Crippen LogP contribution in [0.25, 0.3) is 28.1 Å². The lowest BCUT2D eigenvalue weighted by Gasteiger charge is -2.32. The molecule has 2 aliphatic heterocycles. The van der Waals surface area contributed by atoms with E-state index in [1.807, 2.05) is 53.3 Å². The van der Waals surface area contributed by atoms with E-state index >= 15 is 0 Å². The number of hydrogen-bond acceptors (Lipinski definition) is 5. The lowest BCUT2D eigenvalue weighted by Crippen LogP contribution is -2.43. The summed E-state index contributed by atoms with van der Waals surface area (Å²) in [6, 6.07) is 21.1. The van der Waals surface area contributed by atoms with Gasteiger partial charge < -0.3 is 14.4 Å². The summed E-state index contributed by atoms with van der Waals surface area (Å²) in [4.78, 5) is 4.75. The molecule has 6 nitrogen and oxygen atoms in total. The number of hydrogen-bond donors (Lipinski definition) is 0. The smallest absolute Gasteiger partial charge is 0.161 e. The minimum atomic E-state index is -0.244. The van der Waals surface area contributed by atoms with Crippen LogP contribution in [0.5, 0.6) is 11.5 Å². The third kappa shape index (κ3) is 4.47. The van der Waals surface area contributed by atoms with E-state index in [2.05, 4.69) is 29.0 Å². The number of benzene rings is 3. The summed E-state index contributed by atoms with van der Waals surface area (Å²) in [6.45, 7) is 5.92. The molecule has 3 heterocycles. The standard InChI is InChI=1S/C29H29FN4O2/c1-32-12-14-33(15-13-32)20-23-19-31-34(29(23)25-4-2-3-5-26(25)30)24-9-6-21(7-10-24)22-8-11-27-28(18-22)36-17-16-35-27/h2-11,18-19H,12-17,20H2,1H3. The maximum atomic E-state index is 15.0. The molecule has 0 atom stereocenters. The fourth-order valence-corrected chi connectivity index (χ4v) is 4.90. The number of halogens is 1. The first kappa shape index (κ1) is 22.8. The van der Waals surface area contributed by atoms with Gasteiger partial charge in [-0.15, -0.1) is 0 Å². The van der Waals surface area contributed by atoms with Gasteiger partial charge in [0.1, 0.15) is 19.0 Å². The van der Waals surface area contributed by atoms with Crippen LogP contribution in [-0.2, 0) is 6.54 Å². The Bertz CT molecular complexity index is 1360. The van der Waals surface area contributed by atoms with Crippen LogP contribution in [0.4, 0.5) is 4.39 Å². The van der Waals surface area contributed by atoms with E-state index in [1.165, 1.54) is 6.07 Å². The molecule has 1 saturated heterocycles. The molecule has 0 radical (unpaired) electrons. The van der Waals surface area contributed by atoms with Crippen LogP contribution < -0.4 is 9.47 Å². The maximum absolute atomic E-state index is 15.0. The van der Waals surface area contributed by atoms with Gasteiger partial charge in [0.2, 0.25) is 0 Å². The van der Waals surface area contributed by atoms with Crippen molar-refractivity contribution in [3.8, 4) is 39.6 Å². The van der Waals surface area contributed by atoms with Gasteiger partial charge in [-0.3, -0.25) is 4.90 Å². The van der Waals surface area contributed by atoms with Crippen molar-refractivity contribution in [2.75, 3.05) is 46.4 Å². The van der Waals surface area contributed by atoms with E-state index in [0.717, 1.165) is 72.3 Å². The van der Waals surface area contributed by atoms with Crippen LogP contribution in [0.1, 0.15) is 5.56 Å². The molecule has 0 saturated carbocycles. The Morgan fingerprint density at radius 1 is 0.833 bits per heavy atom. The van der Waals surface area contributed by atoms with Crippen LogP contribution in [-0.4, -0.2) is 66.0 Å². The summed E-state index contributed by atoms with van der Waals surface area (Å²) in [6.07, 6.45) is 1.88. The van der Waals surface area contributed by atoms with Crippen molar-refractivity contribution in [3.63, 3.8) is 0 Å².